The molecule has 2 aliphatic heterocycles. The normalized spacial score (nSPS) is 27.4. The number of esters is 1. The fourth-order valence-electron chi connectivity index (χ4n) is 4.93. The van der Waals surface area contributed by atoms with Crippen LogP contribution in [0.25, 0.3) is 0 Å². The van der Waals surface area contributed by atoms with Gasteiger partial charge in [-0.2, -0.15) is 0 Å². The zero-order valence-corrected chi connectivity index (χ0v) is 16.8. The van der Waals surface area contributed by atoms with Gasteiger partial charge in [-0.1, -0.05) is 30.3 Å². The number of carbonyl (C=O) groups excluding carboxylic acids is 1. The van der Waals surface area contributed by atoms with Crippen LogP contribution in [0.5, 0.6) is 11.5 Å². The number of benzene rings is 2. The fraction of sp³-hybridized carbons (Fsp3) is 0.375. The highest BCUT2D eigenvalue weighted by molar-refractivity contribution is 5.89. The summed E-state index contributed by atoms with van der Waals surface area (Å²) in [5, 5.41) is 0. The average molecular weight is 391 g/mol. The van der Waals surface area contributed by atoms with Crippen LogP contribution in [0.3, 0.4) is 0 Å². The molecule has 2 aromatic carbocycles. The molecule has 0 aromatic heterocycles. The molecule has 0 N–H and O–H groups in total. The van der Waals surface area contributed by atoms with Gasteiger partial charge in [0, 0.05) is 18.5 Å². The van der Waals surface area contributed by atoms with Crippen molar-refractivity contribution < 1.29 is 19.0 Å². The highest BCUT2D eigenvalue weighted by atomic mass is 16.6. The van der Waals surface area contributed by atoms with E-state index in [9.17, 15) is 4.79 Å². The van der Waals surface area contributed by atoms with Crippen LogP contribution in [-0.4, -0.2) is 43.8 Å². The first kappa shape index (κ1) is 18.3. The third kappa shape index (κ3) is 2.92. The maximum Gasteiger partial charge on any atom is 0.338 e. The van der Waals surface area contributed by atoms with Gasteiger partial charge in [-0.25, -0.2) is 4.79 Å². The molecule has 1 spiro atoms. The van der Waals surface area contributed by atoms with Crippen molar-refractivity contribution in [1.29, 1.82) is 0 Å². The van der Waals surface area contributed by atoms with Crippen molar-refractivity contribution in [1.82, 2.24) is 4.90 Å². The topological polar surface area (TPSA) is 48.0 Å². The monoisotopic (exact) mass is 391 g/mol. The summed E-state index contributed by atoms with van der Waals surface area (Å²) < 4.78 is 17.9. The Bertz CT molecular complexity index is 970. The van der Waals surface area contributed by atoms with Gasteiger partial charge in [0.15, 0.2) is 11.5 Å². The molecule has 5 heteroatoms. The molecule has 1 aliphatic carbocycles. The number of hydrogen-bond donors (Lipinski definition) is 0. The highest BCUT2D eigenvalue weighted by Gasteiger charge is 2.53. The van der Waals surface area contributed by atoms with Crippen molar-refractivity contribution in [3.63, 3.8) is 0 Å². The van der Waals surface area contributed by atoms with Gasteiger partial charge in [0.2, 0.25) is 0 Å². The minimum Gasteiger partial charge on any atom is -0.493 e. The lowest BCUT2D eigenvalue weighted by Crippen LogP contribution is -2.43. The first-order valence-electron chi connectivity index (χ1n) is 10.1. The molecule has 29 heavy (non-hydrogen) atoms. The van der Waals surface area contributed by atoms with Gasteiger partial charge >= 0.3 is 5.97 Å². The predicted molar refractivity (Wildman–Crippen MR) is 109 cm³/mol. The molecule has 5 rings (SSSR count). The van der Waals surface area contributed by atoms with E-state index in [0.29, 0.717) is 12.0 Å². The van der Waals surface area contributed by atoms with Crippen molar-refractivity contribution in [2.24, 2.45) is 0 Å². The van der Waals surface area contributed by atoms with Crippen LogP contribution in [0.2, 0.25) is 0 Å². The first-order valence-corrected chi connectivity index (χ1v) is 10.1. The Hall–Kier alpha value is -2.79. The Kier molecular flexibility index (Phi) is 4.36. The lowest BCUT2D eigenvalue weighted by Gasteiger charge is -2.36. The minimum absolute atomic E-state index is 0.0716. The van der Waals surface area contributed by atoms with Crippen molar-refractivity contribution in [3.8, 4) is 11.5 Å². The Morgan fingerprint density at radius 2 is 2.03 bits per heavy atom. The van der Waals surface area contributed by atoms with E-state index in [1.165, 1.54) is 11.1 Å². The third-order valence-electron chi connectivity index (χ3n) is 6.40. The summed E-state index contributed by atoms with van der Waals surface area (Å²) >= 11 is 0. The summed E-state index contributed by atoms with van der Waals surface area (Å²) in [6.07, 6.45) is 5.50. The quantitative estimate of drug-likeness (QED) is 0.590. The van der Waals surface area contributed by atoms with Gasteiger partial charge in [0.25, 0.3) is 0 Å². The minimum atomic E-state index is -0.303. The lowest BCUT2D eigenvalue weighted by molar-refractivity contribution is 0.0218. The molecule has 2 aromatic rings. The number of nitrogens with zero attached hydrogens (tertiary/aromatic N) is 1. The standard InChI is InChI=1S/C24H25NO4/c1-25-13-12-24-11-10-18(28-23(26)16-6-4-3-5-7-16)14-20(24)29-22-19(27-2)9-8-17(15-25)21(22)24/h3-11,18,20H,12-15H2,1-2H3/t18-,20?,24-/m0/s1. The zero-order valence-electron chi connectivity index (χ0n) is 16.8. The second-order valence-corrected chi connectivity index (χ2v) is 8.17. The molecule has 3 atom stereocenters. The Morgan fingerprint density at radius 3 is 2.83 bits per heavy atom. The summed E-state index contributed by atoms with van der Waals surface area (Å²) in [4.78, 5) is 14.9. The van der Waals surface area contributed by atoms with Gasteiger partial charge in [0.1, 0.15) is 12.2 Å². The van der Waals surface area contributed by atoms with Gasteiger partial charge in [0.05, 0.1) is 18.1 Å². The number of methoxy groups -OCH3 is 1. The van der Waals surface area contributed by atoms with Crippen molar-refractivity contribution >= 4 is 5.97 Å². The van der Waals surface area contributed by atoms with Crippen molar-refractivity contribution in [2.75, 3.05) is 20.7 Å². The number of rotatable bonds is 3. The number of ether oxygens (including phenoxy) is 3. The lowest BCUT2D eigenvalue weighted by atomic mass is 9.69. The Labute approximate surface area is 170 Å². The van der Waals surface area contributed by atoms with E-state index in [1.807, 2.05) is 30.3 Å². The molecule has 5 nitrogen and oxygen atoms in total. The smallest absolute Gasteiger partial charge is 0.338 e. The molecule has 1 unspecified atom stereocenters. The molecule has 150 valence electrons. The van der Waals surface area contributed by atoms with Crippen LogP contribution in [-0.2, 0) is 16.7 Å². The van der Waals surface area contributed by atoms with Crippen LogP contribution in [0.15, 0.2) is 54.6 Å². The van der Waals surface area contributed by atoms with E-state index in [1.54, 1.807) is 19.2 Å². The van der Waals surface area contributed by atoms with Gasteiger partial charge in [-0.3, -0.25) is 0 Å². The predicted octanol–water partition coefficient (Wildman–Crippen LogP) is 3.72. The molecule has 2 heterocycles. The number of hydrogen-bond acceptors (Lipinski definition) is 5. The molecule has 3 aliphatic rings. The Balaban J connectivity index is 1.48. The second kappa shape index (κ2) is 6.92. The maximum atomic E-state index is 12.5. The SMILES string of the molecule is COc1ccc2c3c1OC1C[C@@H](OC(=O)c4ccccc4)C=C[C@@]31CCN(C)C2. The van der Waals surface area contributed by atoms with E-state index in [2.05, 4.69) is 24.1 Å². The maximum absolute atomic E-state index is 12.5. The van der Waals surface area contributed by atoms with E-state index >= 15 is 0 Å². The molecule has 0 fully saturated rings. The molecular formula is C24H25NO4. The molecule has 0 bridgehead atoms. The summed E-state index contributed by atoms with van der Waals surface area (Å²) in [5.41, 5.74) is 2.90. The van der Waals surface area contributed by atoms with E-state index in [0.717, 1.165) is 31.0 Å². The van der Waals surface area contributed by atoms with E-state index < -0.39 is 0 Å². The van der Waals surface area contributed by atoms with E-state index in [-0.39, 0.29) is 23.6 Å². The summed E-state index contributed by atoms with van der Waals surface area (Å²) in [7, 11) is 3.83. The van der Waals surface area contributed by atoms with Crippen LogP contribution in [0.4, 0.5) is 0 Å². The van der Waals surface area contributed by atoms with E-state index in [4.69, 9.17) is 14.2 Å². The molecule has 0 saturated carbocycles. The average Bonchev–Trinajstić information content (AvgIpc) is 3.00. The third-order valence-corrected chi connectivity index (χ3v) is 6.40. The molecule has 0 saturated heterocycles. The highest BCUT2D eigenvalue weighted by Crippen LogP contribution is 2.55. The largest absolute Gasteiger partial charge is 0.493 e. The second-order valence-electron chi connectivity index (χ2n) is 8.17. The van der Waals surface area contributed by atoms with Crippen molar-refractivity contribution in [3.05, 3.63) is 71.3 Å². The van der Waals surface area contributed by atoms with Crippen LogP contribution < -0.4 is 9.47 Å². The van der Waals surface area contributed by atoms with Crippen LogP contribution >= 0.6 is 0 Å². The molecule has 0 amide bonds. The Morgan fingerprint density at radius 1 is 1.21 bits per heavy atom. The van der Waals surface area contributed by atoms with Gasteiger partial charge < -0.3 is 19.1 Å². The number of carbonyl (C=O) groups is 1. The van der Waals surface area contributed by atoms with Crippen molar-refractivity contribution in [2.45, 2.75) is 37.0 Å². The first-order chi connectivity index (χ1) is 14.1. The molecule has 0 radical (unpaired) electrons. The van der Waals surface area contributed by atoms with Gasteiger partial charge in [-0.15, -0.1) is 0 Å². The molecular weight excluding hydrogens is 366 g/mol. The summed E-state index contributed by atoms with van der Waals surface area (Å²) in [6.45, 7) is 1.87. The van der Waals surface area contributed by atoms with Crippen LogP contribution in [0, 0.1) is 0 Å². The van der Waals surface area contributed by atoms with Gasteiger partial charge in [-0.05, 0) is 49.9 Å². The zero-order chi connectivity index (χ0) is 20.0. The summed E-state index contributed by atoms with van der Waals surface area (Å²) in [6, 6.07) is 13.3. The van der Waals surface area contributed by atoms with Crippen LogP contribution in [0.1, 0.15) is 34.3 Å². The fourth-order valence-corrected chi connectivity index (χ4v) is 4.93. The summed E-state index contributed by atoms with van der Waals surface area (Å²) in [5.74, 6) is 1.32.